The molecule has 7 N–H and O–H groups in total. The standard InChI is InChI=1S/C18H19N5O.3C2HF3O2/c19-12-14(11-13-5-2-1-3-6-13)21-17(24)9-8-16-15-7-4-10-20-18(15)23-22-16;3*3-2(4,5)1(6)7/h1-10,14H,11-12,19H2,(H,21,24)(H,20,22,23);3*(H,6,7)/t14-;;;/m0.../s1. The lowest BCUT2D eigenvalue weighted by Gasteiger charge is -2.15. The highest BCUT2D eigenvalue weighted by Gasteiger charge is 2.39. The Kier molecular flexibility index (Phi) is 15.7. The molecule has 248 valence electrons. The molecule has 0 spiro atoms. The second kappa shape index (κ2) is 17.8. The molecular weight excluding hydrogens is 641 g/mol. The number of hydrogen-bond donors (Lipinski definition) is 6. The van der Waals surface area contributed by atoms with Crippen LogP contribution >= 0.6 is 0 Å². The summed E-state index contributed by atoms with van der Waals surface area (Å²) in [6.45, 7) is 0.380. The van der Waals surface area contributed by atoms with Gasteiger partial charge in [-0.15, -0.1) is 0 Å². The van der Waals surface area contributed by atoms with E-state index in [2.05, 4.69) is 20.5 Å². The number of fused-ring (bicyclic) bond motifs is 1. The number of aromatic amines is 1. The Morgan fingerprint density at radius 2 is 1.29 bits per heavy atom. The van der Waals surface area contributed by atoms with Crippen LogP contribution in [-0.4, -0.2) is 85.4 Å². The first-order chi connectivity index (χ1) is 20.6. The lowest BCUT2D eigenvalue weighted by Crippen LogP contribution is -2.40. The van der Waals surface area contributed by atoms with Gasteiger partial charge in [0.25, 0.3) is 0 Å². The van der Waals surface area contributed by atoms with Crippen molar-refractivity contribution in [3.63, 3.8) is 0 Å². The molecule has 3 rings (SSSR count). The third kappa shape index (κ3) is 16.9. The Hall–Kier alpha value is -5.21. The number of nitrogens with two attached hydrogens (primary N) is 1. The molecule has 0 bridgehead atoms. The maximum atomic E-state index is 12.1. The minimum Gasteiger partial charge on any atom is -0.475 e. The topological polar surface area (TPSA) is 209 Å². The van der Waals surface area contributed by atoms with Crippen molar-refractivity contribution in [1.82, 2.24) is 20.5 Å². The van der Waals surface area contributed by atoms with E-state index in [4.69, 9.17) is 35.4 Å². The number of rotatable bonds is 6. The molecule has 0 radical (unpaired) electrons. The molecule has 45 heavy (non-hydrogen) atoms. The van der Waals surface area contributed by atoms with Crippen molar-refractivity contribution in [3.8, 4) is 0 Å². The van der Waals surface area contributed by atoms with Crippen LogP contribution in [0.1, 0.15) is 11.3 Å². The molecule has 0 aliphatic heterocycles. The molecule has 1 amide bonds. The van der Waals surface area contributed by atoms with Crippen LogP contribution in [0, 0.1) is 0 Å². The van der Waals surface area contributed by atoms with E-state index in [-0.39, 0.29) is 11.9 Å². The van der Waals surface area contributed by atoms with Gasteiger partial charge in [-0.1, -0.05) is 30.3 Å². The van der Waals surface area contributed by atoms with Crippen molar-refractivity contribution >= 4 is 40.9 Å². The number of H-pyrrole nitrogens is 1. The number of nitrogens with zero attached hydrogens (tertiary/aromatic N) is 2. The van der Waals surface area contributed by atoms with E-state index in [0.717, 1.165) is 16.6 Å². The molecule has 12 nitrogen and oxygen atoms in total. The highest BCUT2D eigenvalue weighted by atomic mass is 19.4. The van der Waals surface area contributed by atoms with Gasteiger partial charge in [0.2, 0.25) is 5.91 Å². The Bertz CT molecular complexity index is 1370. The Balaban J connectivity index is 0.000000753. The number of hydrogen-bond acceptors (Lipinski definition) is 7. The average molecular weight is 663 g/mol. The number of pyridine rings is 1. The van der Waals surface area contributed by atoms with Gasteiger partial charge >= 0.3 is 36.4 Å². The molecule has 0 saturated carbocycles. The van der Waals surface area contributed by atoms with Crippen LogP contribution in [0.4, 0.5) is 39.5 Å². The monoisotopic (exact) mass is 663 g/mol. The van der Waals surface area contributed by atoms with Gasteiger partial charge in [-0.3, -0.25) is 9.89 Å². The molecule has 0 aliphatic rings. The van der Waals surface area contributed by atoms with Crippen molar-refractivity contribution in [1.29, 1.82) is 0 Å². The van der Waals surface area contributed by atoms with E-state index in [9.17, 15) is 44.3 Å². The molecule has 3 aromatic rings. The fraction of sp³-hybridized carbons (Fsp3) is 0.250. The van der Waals surface area contributed by atoms with Gasteiger partial charge in [-0.25, -0.2) is 19.4 Å². The largest absolute Gasteiger partial charge is 0.490 e. The van der Waals surface area contributed by atoms with Crippen LogP contribution < -0.4 is 11.1 Å². The second-order valence-electron chi connectivity index (χ2n) is 7.88. The number of aromatic nitrogens is 3. The summed E-state index contributed by atoms with van der Waals surface area (Å²) >= 11 is 0. The minimum absolute atomic E-state index is 0.107. The number of carbonyl (C=O) groups is 4. The fourth-order valence-corrected chi connectivity index (χ4v) is 2.50. The first-order valence-electron chi connectivity index (χ1n) is 11.5. The number of alkyl halides is 9. The van der Waals surface area contributed by atoms with Crippen molar-refractivity contribution in [2.45, 2.75) is 31.0 Å². The van der Waals surface area contributed by atoms with Gasteiger partial charge < -0.3 is 26.4 Å². The summed E-state index contributed by atoms with van der Waals surface area (Å²) in [5.41, 5.74) is 8.29. The highest BCUT2D eigenvalue weighted by Crippen LogP contribution is 2.15. The van der Waals surface area contributed by atoms with Crippen LogP contribution in [0.2, 0.25) is 0 Å². The third-order valence-corrected chi connectivity index (χ3v) is 4.44. The molecule has 1 atom stereocenters. The third-order valence-electron chi connectivity index (χ3n) is 4.44. The molecule has 0 unspecified atom stereocenters. The summed E-state index contributed by atoms with van der Waals surface area (Å²) in [7, 11) is 0. The van der Waals surface area contributed by atoms with Gasteiger partial charge in [0.1, 0.15) is 0 Å². The molecule has 0 saturated heterocycles. The van der Waals surface area contributed by atoms with E-state index in [0.29, 0.717) is 18.6 Å². The van der Waals surface area contributed by atoms with Gasteiger partial charge in [0.15, 0.2) is 5.65 Å². The van der Waals surface area contributed by atoms with Crippen LogP contribution in [0.25, 0.3) is 17.1 Å². The molecular formula is C24H22F9N5O7. The van der Waals surface area contributed by atoms with E-state index in [1.807, 2.05) is 42.5 Å². The normalized spacial score (nSPS) is 12.0. The Morgan fingerprint density at radius 3 is 1.71 bits per heavy atom. The zero-order chi connectivity index (χ0) is 35.0. The summed E-state index contributed by atoms with van der Waals surface area (Å²) in [4.78, 5) is 43.0. The molecule has 0 aliphatic carbocycles. The maximum absolute atomic E-state index is 12.1. The number of aliphatic carboxylic acids is 3. The lowest BCUT2D eigenvalue weighted by molar-refractivity contribution is -0.193. The average Bonchev–Trinajstić information content (AvgIpc) is 3.34. The zero-order valence-corrected chi connectivity index (χ0v) is 22.1. The molecule has 1 aromatic carbocycles. The first kappa shape index (κ1) is 39.8. The summed E-state index contributed by atoms with van der Waals surface area (Å²) in [5, 5.41) is 32.1. The van der Waals surface area contributed by atoms with Gasteiger partial charge in [0.05, 0.1) is 5.69 Å². The van der Waals surface area contributed by atoms with E-state index in [1.165, 1.54) is 6.08 Å². The molecule has 2 heterocycles. The zero-order valence-electron chi connectivity index (χ0n) is 22.1. The van der Waals surface area contributed by atoms with E-state index in [1.54, 1.807) is 12.3 Å². The Labute approximate surface area is 245 Å². The van der Waals surface area contributed by atoms with Crippen molar-refractivity contribution in [2.24, 2.45) is 5.73 Å². The molecule has 0 fully saturated rings. The first-order valence-corrected chi connectivity index (χ1v) is 11.5. The highest BCUT2D eigenvalue weighted by molar-refractivity contribution is 5.94. The summed E-state index contributed by atoms with van der Waals surface area (Å²) < 4.78 is 95.2. The Morgan fingerprint density at radius 1 is 0.822 bits per heavy atom. The smallest absolute Gasteiger partial charge is 0.475 e. The van der Waals surface area contributed by atoms with Crippen LogP contribution in [0.3, 0.4) is 0 Å². The SMILES string of the molecule is NC[C@H](Cc1ccccc1)NC(=O)C=Cc1[nH]nc2ncccc12.O=C(O)C(F)(F)F.O=C(O)C(F)(F)F.O=C(O)C(F)(F)F. The fourth-order valence-electron chi connectivity index (χ4n) is 2.50. The number of benzene rings is 1. The minimum atomic E-state index is -5.08. The number of carboxylic acids is 3. The summed E-state index contributed by atoms with van der Waals surface area (Å²) in [5.74, 6) is -8.46. The summed E-state index contributed by atoms with van der Waals surface area (Å²) in [6.07, 6.45) is -9.69. The lowest BCUT2D eigenvalue weighted by atomic mass is 10.1. The number of halogens is 9. The van der Waals surface area contributed by atoms with E-state index >= 15 is 0 Å². The number of carbonyl (C=O) groups excluding carboxylic acids is 1. The summed E-state index contributed by atoms with van der Waals surface area (Å²) in [6, 6.07) is 13.6. The van der Waals surface area contributed by atoms with E-state index < -0.39 is 36.4 Å². The van der Waals surface area contributed by atoms with Gasteiger partial charge in [0, 0.05) is 30.2 Å². The maximum Gasteiger partial charge on any atom is 0.490 e. The quantitative estimate of drug-likeness (QED) is 0.167. The molecule has 2 aromatic heterocycles. The number of carboxylic acid groups (broad SMARTS) is 3. The van der Waals surface area contributed by atoms with Crippen molar-refractivity contribution in [2.75, 3.05) is 6.54 Å². The van der Waals surface area contributed by atoms with Crippen molar-refractivity contribution in [3.05, 3.63) is 66.0 Å². The predicted molar refractivity (Wildman–Crippen MR) is 135 cm³/mol. The van der Waals surface area contributed by atoms with Gasteiger partial charge in [-0.05, 0) is 30.2 Å². The predicted octanol–water partition coefficient (Wildman–Crippen LogP) is 3.56. The number of nitrogens with one attached hydrogen (secondary N) is 2. The van der Waals surface area contributed by atoms with Crippen LogP contribution in [0.5, 0.6) is 0 Å². The van der Waals surface area contributed by atoms with Crippen LogP contribution in [-0.2, 0) is 25.6 Å². The number of amides is 1. The van der Waals surface area contributed by atoms with Crippen molar-refractivity contribution < 1.29 is 74.0 Å². The van der Waals surface area contributed by atoms with Gasteiger partial charge in [-0.2, -0.15) is 44.6 Å². The second-order valence-corrected chi connectivity index (χ2v) is 7.88. The van der Waals surface area contributed by atoms with Crippen LogP contribution in [0.15, 0.2) is 54.7 Å². The molecule has 21 heteroatoms.